The second kappa shape index (κ2) is 9.47. The number of halogens is 1. The van der Waals surface area contributed by atoms with E-state index in [0.29, 0.717) is 18.8 Å². The zero-order valence-electron chi connectivity index (χ0n) is 14.3. The van der Waals surface area contributed by atoms with Gasteiger partial charge < -0.3 is 15.4 Å². The van der Waals surface area contributed by atoms with E-state index in [0.717, 1.165) is 0 Å². The molecule has 2 aromatic rings. The fourth-order valence-electron chi connectivity index (χ4n) is 2.20. The Morgan fingerprint density at radius 3 is 2.50 bits per heavy atom. The Balaban J connectivity index is 1.97. The molecule has 26 heavy (non-hydrogen) atoms. The van der Waals surface area contributed by atoms with Crippen molar-refractivity contribution in [3.63, 3.8) is 0 Å². The number of amides is 2. The molecule has 1 aromatic heterocycles. The first-order valence-corrected chi connectivity index (χ1v) is 8.04. The first-order valence-electron chi connectivity index (χ1n) is 8.04. The quantitative estimate of drug-likeness (QED) is 0.683. The van der Waals surface area contributed by atoms with Crippen LogP contribution >= 0.6 is 0 Å². The van der Waals surface area contributed by atoms with Crippen molar-refractivity contribution in [3.05, 3.63) is 64.3 Å². The lowest BCUT2D eigenvalue weighted by atomic mass is 10.2. The van der Waals surface area contributed by atoms with Gasteiger partial charge in [-0.1, -0.05) is 0 Å². The molecule has 138 valence electrons. The number of ether oxygens (including phenoxy) is 1. The fraction of sp³-hybridized carbons (Fsp3) is 0.278. The van der Waals surface area contributed by atoms with Gasteiger partial charge in [0.1, 0.15) is 5.82 Å². The molecule has 0 saturated heterocycles. The average molecular weight is 361 g/mol. The van der Waals surface area contributed by atoms with E-state index < -0.39 is 11.7 Å². The van der Waals surface area contributed by atoms with Gasteiger partial charge >= 0.3 is 0 Å². The summed E-state index contributed by atoms with van der Waals surface area (Å²) in [4.78, 5) is 35.7. The third kappa shape index (κ3) is 5.52. The van der Waals surface area contributed by atoms with E-state index in [2.05, 4.69) is 10.6 Å². The molecule has 2 amide bonds. The number of rotatable bonds is 8. The van der Waals surface area contributed by atoms with Gasteiger partial charge in [0.05, 0.1) is 12.2 Å². The summed E-state index contributed by atoms with van der Waals surface area (Å²) >= 11 is 0. The first-order chi connectivity index (χ1) is 12.5. The summed E-state index contributed by atoms with van der Waals surface area (Å²) in [5.41, 5.74) is 0.364. The van der Waals surface area contributed by atoms with Crippen molar-refractivity contribution in [2.45, 2.75) is 6.42 Å². The predicted molar refractivity (Wildman–Crippen MR) is 93.8 cm³/mol. The maximum Gasteiger partial charge on any atom is 0.255 e. The molecule has 0 aliphatic heterocycles. The van der Waals surface area contributed by atoms with Crippen molar-refractivity contribution < 1.29 is 18.7 Å². The van der Waals surface area contributed by atoms with Crippen molar-refractivity contribution in [1.82, 2.24) is 15.2 Å². The summed E-state index contributed by atoms with van der Waals surface area (Å²) < 4.78 is 19.1. The Bertz CT molecular complexity index is 818. The number of hydrogen-bond donors (Lipinski definition) is 2. The Morgan fingerprint density at radius 2 is 1.81 bits per heavy atom. The molecular formula is C18H20FN3O4. The van der Waals surface area contributed by atoms with Gasteiger partial charge in [-0.2, -0.15) is 0 Å². The summed E-state index contributed by atoms with van der Waals surface area (Å²) in [5.74, 6) is -1.02. The lowest BCUT2D eigenvalue weighted by Crippen LogP contribution is -2.32. The highest BCUT2D eigenvalue weighted by molar-refractivity contribution is 5.94. The number of aromatic nitrogens is 1. The van der Waals surface area contributed by atoms with Crippen molar-refractivity contribution >= 4 is 11.8 Å². The van der Waals surface area contributed by atoms with E-state index in [1.165, 1.54) is 54.3 Å². The van der Waals surface area contributed by atoms with Crippen LogP contribution in [0.4, 0.5) is 4.39 Å². The second-order valence-corrected chi connectivity index (χ2v) is 5.45. The number of carbonyl (C=O) groups excluding carboxylic acids is 2. The molecule has 0 spiro atoms. The number of nitrogens with zero attached hydrogens (tertiary/aromatic N) is 1. The average Bonchev–Trinajstić information content (AvgIpc) is 2.63. The molecular weight excluding hydrogens is 341 g/mol. The lowest BCUT2D eigenvalue weighted by Gasteiger charge is -2.09. The molecule has 2 N–H and O–H groups in total. The van der Waals surface area contributed by atoms with E-state index in [4.69, 9.17) is 4.74 Å². The number of benzene rings is 1. The van der Waals surface area contributed by atoms with Gasteiger partial charge in [-0.25, -0.2) is 4.39 Å². The van der Waals surface area contributed by atoms with Crippen LogP contribution in [0.2, 0.25) is 0 Å². The number of carbonyl (C=O) groups is 2. The summed E-state index contributed by atoms with van der Waals surface area (Å²) in [7, 11) is 1.54. The highest BCUT2D eigenvalue weighted by atomic mass is 19.1. The van der Waals surface area contributed by atoms with Crippen LogP contribution < -0.4 is 16.2 Å². The standard InChI is InChI=1S/C18H20FN3O4/c1-26-11-10-20-16(23)8-9-21-18(25)13-2-7-17(24)22(12-13)15-5-3-14(19)4-6-15/h2-7,12H,8-11H2,1H3,(H,20,23)(H,21,25). The minimum atomic E-state index is -0.417. The van der Waals surface area contributed by atoms with Crippen LogP contribution in [-0.4, -0.2) is 43.2 Å². The van der Waals surface area contributed by atoms with Crippen molar-refractivity contribution in [3.8, 4) is 5.69 Å². The molecule has 1 heterocycles. The zero-order valence-corrected chi connectivity index (χ0v) is 14.3. The Labute approximate surface area is 149 Å². The fourth-order valence-corrected chi connectivity index (χ4v) is 2.20. The van der Waals surface area contributed by atoms with Crippen molar-refractivity contribution in [2.75, 3.05) is 26.8 Å². The molecule has 1 aromatic carbocycles. The van der Waals surface area contributed by atoms with E-state index in [9.17, 15) is 18.8 Å². The van der Waals surface area contributed by atoms with Gasteiger partial charge in [0.2, 0.25) is 5.91 Å². The predicted octanol–water partition coefficient (Wildman–Crippen LogP) is 0.859. The third-order valence-electron chi connectivity index (χ3n) is 3.54. The first kappa shape index (κ1) is 19.3. The molecule has 0 bridgehead atoms. The normalized spacial score (nSPS) is 10.4. The second-order valence-electron chi connectivity index (χ2n) is 5.45. The number of nitrogens with one attached hydrogen (secondary N) is 2. The van der Waals surface area contributed by atoms with Crippen molar-refractivity contribution in [2.24, 2.45) is 0 Å². The smallest absolute Gasteiger partial charge is 0.255 e. The van der Waals surface area contributed by atoms with Crippen LogP contribution in [-0.2, 0) is 9.53 Å². The number of pyridine rings is 1. The van der Waals surface area contributed by atoms with Gasteiger partial charge in [-0.15, -0.1) is 0 Å². The molecule has 7 nitrogen and oxygen atoms in total. The molecule has 0 atom stereocenters. The van der Waals surface area contributed by atoms with Gasteiger partial charge in [0, 0.05) is 44.6 Å². The largest absolute Gasteiger partial charge is 0.383 e. The highest BCUT2D eigenvalue weighted by Gasteiger charge is 2.09. The minimum Gasteiger partial charge on any atom is -0.383 e. The van der Waals surface area contributed by atoms with Gasteiger partial charge in [0.25, 0.3) is 11.5 Å². The Kier molecular flexibility index (Phi) is 7.04. The van der Waals surface area contributed by atoms with Crippen LogP contribution in [0.5, 0.6) is 0 Å². The molecule has 0 saturated carbocycles. The molecule has 0 radical (unpaired) electrons. The maximum atomic E-state index is 13.0. The monoisotopic (exact) mass is 361 g/mol. The Morgan fingerprint density at radius 1 is 1.08 bits per heavy atom. The maximum absolute atomic E-state index is 13.0. The summed E-state index contributed by atoms with van der Waals surface area (Å²) in [5, 5.41) is 5.27. The van der Waals surface area contributed by atoms with E-state index >= 15 is 0 Å². The van der Waals surface area contributed by atoms with Crippen LogP contribution in [0.25, 0.3) is 5.69 Å². The minimum absolute atomic E-state index is 0.132. The number of methoxy groups -OCH3 is 1. The topological polar surface area (TPSA) is 89.4 Å². The van der Waals surface area contributed by atoms with E-state index in [-0.39, 0.29) is 30.0 Å². The van der Waals surface area contributed by atoms with Crippen LogP contribution in [0.15, 0.2) is 47.4 Å². The summed E-state index contributed by atoms with van der Waals surface area (Å²) in [6.45, 7) is 0.988. The van der Waals surface area contributed by atoms with E-state index in [1.807, 2.05) is 0 Å². The SMILES string of the molecule is COCCNC(=O)CCNC(=O)c1ccc(=O)n(-c2ccc(F)cc2)c1. The summed E-state index contributed by atoms with van der Waals surface area (Å²) in [6.07, 6.45) is 1.51. The summed E-state index contributed by atoms with van der Waals surface area (Å²) in [6, 6.07) is 8.02. The third-order valence-corrected chi connectivity index (χ3v) is 3.54. The molecule has 0 aliphatic rings. The lowest BCUT2D eigenvalue weighted by molar-refractivity contribution is -0.121. The zero-order chi connectivity index (χ0) is 18.9. The van der Waals surface area contributed by atoms with Crippen LogP contribution in [0.1, 0.15) is 16.8 Å². The molecule has 0 aliphatic carbocycles. The number of hydrogen-bond acceptors (Lipinski definition) is 4. The van der Waals surface area contributed by atoms with Gasteiger partial charge in [0.15, 0.2) is 0 Å². The molecule has 8 heteroatoms. The van der Waals surface area contributed by atoms with Gasteiger partial charge in [-0.3, -0.25) is 19.0 Å². The molecule has 2 rings (SSSR count). The van der Waals surface area contributed by atoms with Crippen LogP contribution in [0, 0.1) is 5.82 Å². The highest BCUT2D eigenvalue weighted by Crippen LogP contribution is 2.08. The molecule has 0 fully saturated rings. The van der Waals surface area contributed by atoms with Gasteiger partial charge in [-0.05, 0) is 30.3 Å². The Hall–Kier alpha value is -3.00. The van der Waals surface area contributed by atoms with E-state index in [1.54, 1.807) is 0 Å². The van der Waals surface area contributed by atoms with Crippen LogP contribution in [0.3, 0.4) is 0 Å². The molecule has 0 unspecified atom stereocenters. The van der Waals surface area contributed by atoms with Crippen molar-refractivity contribution in [1.29, 1.82) is 0 Å².